The zero-order valence-electron chi connectivity index (χ0n) is 30.4. The van der Waals surface area contributed by atoms with Gasteiger partial charge in [-0.05, 0) is 75.5 Å². The van der Waals surface area contributed by atoms with Crippen LogP contribution < -0.4 is 15.4 Å². The van der Waals surface area contributed by atoms with E-state index in [2.05, 4.69) is 33.5 Å². The van der Waals surface area contributed by atoms with Crippen molar-refractivity contribution in [1.29, 1.82) is 0 Å². The number of nitrogens with zero attached hydrogens (tertiary/aromatic N) is 2. The van der Waals surface area contributed by atoms with Gasteiger partial charge < -0.3 is 15.0 Å². The van der Waals surface area contributed by atoms with Crippen LogP contribution in [-0.2, 0) is 35.3 Å². The van der Waals surface area contributed by atoms with Gasteiger partial charge in [0.05, 0.1) is 34.0 Å². The first-order valence-electron chi connectivity index (χ1n) is 17.9. The number of carbonyl (C=O) groups excluding carboxylic acids is 4. The number of amides is 4. The number of anilines is 1. The van der Waals surface area contributed by atoms with E-state index in [0.717, 1.165) is 30.7 Å². The number of halogens is 3. The van der Waals surface area contributed by atoms with Crippen molar-refractivity contribution >= 4 is 50.9 Å². The molecule has 0 aliphatic heterocycles. The van der Waals surface area contributed by atoms with E-state index in [1.54, 1.807) is 18.5 Å². The summed E-state index contributed by atoms with van der Waals surface area (Å²) >= 11 is 1.21. The molecule has 294 valence electrons. The summed E-state index contributed by atoms with van der Waals surface area (Å²) in [6.45, 7) is 11.6. The highest BCUT2D eigenvalue weighted by Crippen LogP contribution is 2.46. The van der Waals surface area contributed by atoms with Gasteiger partial charge in [0.15, 0.2) is 0 Å². The number of hydrogen-bond acceptors (Lipinski definition) is 9. The summed E-state index contributed by atoms with van der Waals surface area (Å²) in [6.07, 6.45) is -0.675. The van der Waals surface area contributed by atoms with Crippen molar-refractivity contribution in [3.8, 4) is 10.6 Å². The lowest BCUT2D eigenvalue weighted by Gasteiger charge is -2.26. The molecule has 1 heterocycles. The number of unbranched alkanes of at least 4 members (excludes halogenated alkanes) is 2. The number of rotatable bonds is 16. The lowest BCUT2D eigenvalue weighted by Crippen LogP contribution is -2.54. The van der Waals surface area contributed by atoms with Crippen LogP contribution in [0.2, 0.25) is 0 Å². The zero-order valence-corrected chi connectivity index (χ0v) is 32.0. The molecule has 3 N–H and O–H groups in total. The number of alkyl halides is 3. The molecule has 5 rings (SSSR count). The van der Waals surface area contributed by atoms with Crippen LogP contribution in [0.3, 0.4) is 0 Å². The number of sulfonamides is 1. The topological polar surface area (TPSA) is 164 Å². The summed E-state index contributed by atoms with van der Waals surface area (Å²) in [4.78, 5) is 60.5. The molecule has 0 bridgehead atoms. The van der Waals surface area contributed by atoms with Crippen LogP contribution in [0.4, 0.5) is 23.7 Å². The standard InChI is InChI=1S/C37H46F3N5O7S2/c1-6-8-9-10-15-45(5)33(47)28-18-24(17-27(28)31(46)43-36(19-22(36)7-2)34(48)44-54(50,51)25-12-13-25)52-35(49)42-29-16-23(37(38,39)40)11-14-26(29)32-41-30(20-53-32)21(3)4/h6-7,11,14,16,20-22,24-25,27-28H,1-2,8-10,12-13,15,17-19H2,3-5H3,(H,42,49)(H,43,46)(H,44,48). The number of allylic oxidation sites excluding steroid dienone is 1. The molecule has 3 aliphatic rings. The van der Waals surface area contributed by atoms with Crippen molar-refractivity contribution in [2.45, 2.75) is 94.2 Å². The van der Waals surface area contributed by atoms with Crippen molar-refractivity contribution in [1.82, 2.24) is 19.9 Å². The molecule has 5 unspecified atom stereocenters. The number of nitrogens with one attached hydrogen (secondary N) is 3. The minimum Gasteiger partial charge on any atom is -0.446 e. The molecule has 3 aliphatic carbocycles. The molecular formula is C37H46F3N5O7S2. The molecule has 3 fully saturated rings. The minimum absolute atomic E-state index is 0.0581. The molecule has 17 heteroatoms. The zero-order chi connectivity index (χ0) is 39.6. The molecule has 0 spiro atoms. The van der Waals surface area contributed by atoms with Gasteiger partial charge in [-0.2, -0.15) is 13.2 Å². The van der Waals surface area contributed by atoms with Crippen LogP contribution in [0.15, 0.2) is 48.9 Å². The molecular weight excluding hydrogens is 748 g/mol. The van der Waals surface area contributed by atoms with Gasteiger partial charge in [0.1, 0.15) is 16.7 Å². The van der Waals surface area contributed by atoms with Crippen molar-refractivity contribution in [3.63, 3.8) is 0 Å². The van der Waals surface area contributed by atoms with Gasteiger partial charge in [-0.1, -0.05) is 26.0 Å². The van der Waals surface area contributed by atoms with E-state index in [4.69, 9.17) is 4.74 Å². The fourth-order valence-electron chi connectivity index (χ4n) is 6.69. The predicted molar refractivity (Wildman–Crippen MR) is 198 cm³/mol. The van der Waals surface area contributed by atoms with E-state index < -0.39 is 80.2 Å². The Labute approximate surface area is 317 Å². The number of aromatic nitrogens is 1. The van der Waals surface area contributed by atoms with Crippen molar-refractivity contribution in [2.75, 3.05) is 18.9 Å². The summed E-state index contributed by atoms with van der Waals surface area (Å²) in [7, 11) is -2.34. The van der Waals surface area contributed by atoms with E-state index in [0.29, 0.717) is 30.8 Å². The monoisotopic (exact) mass is 793 g/mol. The molecule has 12 nitrogen and oxygen atoms in total. The molecule has 4 amide bonds. The second-order valence-corrected chi connectivity index (χ2v) is 17.4. The average Bonchev–Trinajstić information content (AvgIpc) is 3.99. The lowest BCUT2D eigenvalue weighted by molar-refractivity contribution is -0.140. The molecule has 2 aromatic rings. The van der Waals surface area contributed by atoms with Gasteiger partial charge >= 0.3 is 12.3 Å². The Hall–Kier alpha value is -4.25. The third-order valence-corrected chi connectivity index (χ3v) is 12.9. The second kappa shape index (κ2) is 16.2. The number of thiazole rings is 1. The first-order valence-corrected chi connectivity index (χ1v) is 20.3. The Morgan fingerprint density at radius 3 is 2.43 bits per heavy atom. The minimum atomic E-state index is -4.70. The predicted octanol–water partition coefficient (Wildman–Crippen LogP) is 6.38. The fourth-order valence-corrected chi connectivity index (χ4v) is 9.07. The SMILES string of the molecule is C=CCCCCN(C)C(=O)C1CC(OC(=O)Nc2cc(C(F)(F)F)ccc2-c2nc(C(C)C)cs2)CC1C(=O)NC1(C(=O)NS(=O)(=O)C2CC2)CC1C=C. The van der Waals surface area contributed by atoms with Gasteiger partial charge in [0, 0.05) is 30.5 Å². The number of ether oxygens (including phenoxy) is 1. The second-order valence-electron chi connectivity index (χ2n) is 14.6. The van der Waals surface area contributed by atoms with E-state index in [9.17, 15) is 40.8 Å². The molecule has 1 aromatic carbocycles. The maximum atomic E-state index is 14.0. The van der Waals surface area contributed by atoms with E-state index in [-0.39, 0.29) is 36.4 Å². The molecule has 3 saturated carbocycles. The van der Waals surface area contributed by atoms with E-state index in [1.165, 1.54) is 28.4 Å². The van der Waals surface area contributed by atoms with Gasteiger partial charge in [-0.15, -0.1) is 24.5 Å². The molecule has 0 radical (unpaired) electrons. The third-order valence-electron chi connectivity index (χ3n) is 10.2. The first-order chi connectivity index (χ1) is 25.4. The third kappa shape index (κ3) is 9.33. The number of benzene rings is 1. The summed E-state index contributed by atoms with van der Waals surface area (Å²) in [5, 5.41) is 6.64. The molecule has 0 saturated heterocycles. The van der Waals surface area contributed by atoms with Crippen molar-refractivity contribution < 1.29 is 45.5 Å². The Bertz CT molecular complexity index is 1900. The smallest absolute Gasteiger partial charge is 0.416 e. The highest BCUT2D eigenvalue weighted by Gasteiger charge is 2.62. The number of carbonyl (C=O) groups is 4. The average molecular weight is 794 g/mol. The maximum Gasteiger partial charge on any atom is 0.416 e. The summed E-state index contributed by atoms with van der Waals surface area (Å²) < 4.78 is 74.2. The van der Waals surface area contributed by atoms with Gasteiger partial charge in [0.25, 0.3) is 5.91 Å². The first kappa shape index (κ1) is 40.9. The van der Waals surface area contributed by atoms with E-state index >= 15 is 0 Å². The summed E-state index contributed by atoms with van der Waals surface area (Å²) in [5.41, 5.74) is -1.79. The van der Waals surface area contributed by atoms with Crippen LogP contribution in [0.25, 0.3) is 10.6 Å². The van der Waals surface area contributed by atoms with Crippen LogP contribution in [0.5, 0.6) is 0 Å². The van der Waals surface area contributed by atoms with Gasteiger partial charge in [-0.25, -0.2) is 18.2 Å². The Morgan fingerprint density at radius 2 is 1.83 bits per heavy atom. The Kier molecular flexibility index (Phi) is 12.3. The van der Waals surface area contributed by atoms with Crippen LogP contribution >= 0.6 is 11.3 Å². The highest BCUT2D eigenvalue weighted by molar-refractivity contribution is 7.91. The molecule has 1 aromatic heterocycles. The fraction of sp³-hybridized carbons (Fsp3) is 0.541. The Balaban J connectivity index is 1.36. The van der Waals surface area contributed by atoms with Gasteiger partial charge in [-0.3, -0.25) is 24.4 Å². The quantitative estimate of drug-likeness (QED) is 0.130. The summed E-state index contributed by atoms with van der Waals surface area (Å²) in [6, 6.07) is 2.93. The van der Waals surface area contributed by atoms with Crippen molar-refractivity contribution in [2.24, 2.45) is 17.8 Å². The largest absolute Gasteiger partial charge is 0.446 e. The lowest BCUT2D eigenvalue weighted by atomic mass is 9.93. The Morgan fingerprint density at radius 1 is 1.13 bits per heavy atom. The summed E-state index contributed by atoms with van der Waals surface area (Å²) in [5.74, 6) is -4.56. The van der Waals surface area contributed by atoms with E-state index in [1.807, 2.05) is 13.8 Å². The van der Waals surface area contributed by atoms with Crippen LogP contribution in [0, 0.1) is 17.8 Å². The van der Waals surface area contributed by atoms with Crippen LogP contribution in [0.1, 0.15) is 82.4 Å². The van der Waals surface area contributed by atoms with Crippen molar-refractivity contribution in [3.05, 3.63) is 60.1 Å². The maximum absolute atomic E-state index is 14.0. The normalized spacial score (nSPS) is 23.7. The molecule has 5 atom stereocenters. The number of hydrogen-bond donors (Lipinski definition) is 3. The molecule has 54 heavy (non-hydrogen) atoms. The van der Waals surface area contributed by atoms with Gasteiger partial charge in [0.2, 0.25) is 21.8 Å². The van der Waals surface area contributed by atoms with Crippen LogP contribution in [-0.4, -0.2) is 72.6 Å². The highest BCUT2D eigenvalue weighted by atomic mass is 32.2.